The molecule has 2 atom stereocenters. The highest BCUT2D eigenvalue weighted by Gasteiger charge is 2.42. The minimum Gasteiger partial charge on any atom is -0.496 e. The van der Waals surface area contributed by atoms with Crippen molar-refractivity contribution in [2.45, 2.75) is 88.4 Å². The first-order valence-electron chi connectivity index (χ1n) is 10.5. The van der Waals surface area contributed by atoms with Crippen LogP contribution < -0.4 is 10.1 Å². The van der Waals surface area contributed by atoms with Gasteiger partial charge in [-0.25, -0.2) is 0 Å². The van der Waals surface area contributed by atoms with Crippen molar-refractivity contribution in [1.82, 2.24) is 10.2 Å². The van der Waals surface area contributed by atoms with Crippen molar-refractivity contribution in [2.24, 2.45) is 0 Å². The van der Waals surface area contributed by atoms with E-state index in [0.29, 0.717) is 29.4 Å². The average molecular weight is 357 g/mol. The van der Waals surface area contributed by atoms with Crippen LogP contribution in [0.15, 0.2) is 24.3 Å². The molecule has 1 N–H and O–H groups in total. The second kappa shape index (κ2) is 7.99. The molecule has 4 heteroatoms. The van der Waals surface area contributed by atoms with Gasteiger partial charge in [-0.15, -0.1) is 0 Å². The Kier molecular flexibility index (Phi) is 5.49. The van der Waals surface area contributed by atoms with Crippen molar-refractivity contribution in [3.05, 3.63) is 29.8 Å². The highest BCUT2D eigenvalue weighted by molar-refractivity contribution is 5.97. The van der Waals surface area contributed by atoms with Gasteiger partial charge in [0.05, 0.1) is 12.7 Å². The number of para-hydroxylation sites is 1. The molecule has 2 bridgehead atoms. The number of rotatable bonds is 4. The normalized spacial score (nSPS) is 30.0. The summed E-state index contributed by atoms with van der Waals surface area (Å²) < 4.78 is 5.36. The largest absolute Gasteiger partial charge is 0.496 e. The van der Waals surface area contributed by atoms with Gasteiger partial charge in [-0.1, -0.05) is 37.8 Å². The summed E-state index contributed by atoms with van der Waals surface area (Å²) in [6.45, 7) is 0. The molecule has 1 amide bonds. The molecule has 1 aliphatic carbocycles. The maximum Gasteiger partial charge on any atom is 0.255 e. The number of carbonyl (C=O) groups excluding carboxylic acids is 1. The Morgan fingerprint density at radius 1 is 0.962 bits per heavy atom. The Morgan fingerprint density at radius 3 is 2.31 bits per heavy atom. The number of nitrogens with one attached hydrogen (secondary N) is 1. The number of carbonyl (C=O) groups is 1. The number of ether oxygens (including phenoxy) is 1. The van der Waals surface area contributed by atoms with Crippen LogP contribution in [-0.4, -0.2) is 42.1 Å². The minimum absolute atomic E-state index is 0.0108. The van der Waals surface area contributed by atoms with E-state index in [-0.39, 0.29) is 5.91 Å². The highest BCUT2D eigenvalue weighted by Crippen LogP contribution is 2.39. The number of amides is 1. The topological polar surface area (TPSA) is 41.6 Å². The predicted molar refractivity (Wildman–Crippen MR) is 104 cm³/mol. The molecule has 0 aromatic heterocycles. The summed E-state index contributed by atoms with van der Waals surface area (Å²) in [6.07, 6.45) is 13.1. The van der Waals surface area contributed by atoms with E-state index in [9.17, 15) is 4.79 Å². The standard InChI is InChI=1S/C22H32N2O2/c1-26-21-13-6-5-12-20(21)22(25)23-16-14-18-10-7-11-19(15-16)24(18)17-8-3-2-4-9-17/h5-6,12-13,16-19H,2-4,7-11,14-15H2,1H3,(H,23,25)/t18-,19-/m1/s1. The quantitative estimate of drug-likeness (QED) is 0.881. The van der Waals surface area contributed by atoms with Crippen LogP contribution in [0.4, 0.5) is 0 Å². The average Bonchev–Trinajstić information content (AvgIpc) is 2.68. The van der Waals surface area contributed by atoms with Gasteiger partial charge in [0.25, 0.3) is 5.91 Å². The molecule has 0 spiro atoms. The third-order valence-electron chi connectivity index (χ3n) is 6.71. The molecule has 4 nitrogen and oxygen atoms in total. The first-order chi connectivity index (χ1) is 12.8. The number of benzene rings is 1. The molecular formula is C22H32N2O2. The minimum atomic E-state index is 0.0108. The summed E-state index contributed by atoms with van der Waals surface area (Å²) in [5.74, 6) is 0.668. The van der Waals surface area contributed by atoms with E-state index in [1.54, 1.807) is 7.11 Å². The Bertz CT molecular complexity index is 612. The van der Waals surface area contributed by atoms with Crippen LogP contribution in [0.2, 0.25) is 0 Å². The van der Waals surface area contributed by atoms with E-state index in [1.165, 1.54) is 51.4 Å². The van der Waals surface area contributed by atoms with E-state index < -0.39 is 0 Å². The van der Waals surface area contributed by atoms with Gasteiger partial charge in [-0.05, 0) is 50.7 Å². The third-order valence-corrected chi connectivity index (χ3v) is 6.71. The van der Waals surface area contributed by atoms with Crippen LogP contribution in [0.5, 0.6) is 5.75 Å². The van der Waals surface area contributed by atoms with Gasteiger partial charge in [-0.2, -0.15) is 0 Å². The van der Waals surface area contributed by atoms with Gasteiger partial charge in [-0.3, -0.25) is 9.69 Å². The van der Waals surface area contributed by atoms with Crippen molar-refractivity contribution in [1.29, 1.82) is 0 Å². The lowest BCUT2D eigenvalue weighted by molar-refractivity contribution is -0.0212. The fraction of sp³-hybridized carbons (Fsp3) is 0.682. The third kappa shape index (κ3) is 3.62. The molecule has 1 saturated carbocycles. The zero-order valence-corrected chi connectivity index (χ0v) is 16.0. The van der Waals surface area contributed by atoms with Gasteiger partial charge < -0.3 is 10.1 Å². The lowest BCUT2D eigenvalue weighted by atomic mass is 9.78. The molecule has 1 aromatic rings. The number of nitrogens with zero attached hydrogens (tertiary/aromatic N) is 1. The first kappa shape index (κ1) is 17.8. The molecule has 26 heavy (non-hydrogen) atoms. The summed E-state index contributed by atoms with van der Waals surface area (Å²) >= 11 is 0. The number of methoxy groups -OCH3 is 1. The van der Waals surface area contributed by atoms with Gasteiger partial charge >= 0.3 is 0 Å². The molecule has 0 radical (unpaired) electrons. The van der Waals surface area contributed by atoms with E-state index in [4.69, 9.17) is 4.74 Å². The van der Waals surface area contributed by atoms with Crippen LogP contribution in [0, 0.1) is 0 Å². The van der Waals surface area contributed by atoms with Crippen molar-refractivity contribution in [3.63, 3.8) is 0 Å². The van der Waals surface area contributed by atoms with Gasteiger partial charge in [0, 0.05) is 24.2 Å². The van der Waals surface area contributed by atoms with Crippen molar-refractivity contribution < 1.29 is 9.53 Å². The molecule has 1 aromatic carbocycles. The second-order valence-electron chi connectivity index (χ2n) is 8.32. The molecule has 4 rings (SSSR count). The predicted octanol–water partition coefficient (Wildman–Crippen LogP) is 4.14. The molecule has 2 saturated heterocycles. The van der Waals surface area contributed by atoms with Crippen LogP contribution in [0.25, 0.3) is 0 Å². The molecule has 142 valence electrons. The highest BCUT2D eigenvalue weighted by atomic mass is 16.5. The van der Waals surface area contributed by atoms with Crippen LogP contribution >= 0.6 is 0 Å². The smallest absolute Gasteiger partial charge is 0.255 e. The fourth-order valence-corrected chi connectivity index (χ4v) is 5.61. The summed E-state index contributed by atoms with van der Waals surface area (Å²) in [4.78, 5) is 15.7. The van der Waals surface area contributed by atoms with Crippen molar-refractivity contribution in [2.75, 3.05) is 7.11 Å². The number of hydrogen-bond acceptors (Lipinski definition) is 3. The molecule has 0 unspecified atom stereocenters. The molecule has 2 aliphatic heterocycles. The summed E-state index contributed by atoms with van der Waals surface area (Å²) in [7, 11) is 1.62. The Hall–Kier alpha value is -1.55. The van der Waals surface area contributed by atoms with Gasteiger partial charge in [0.15, 0.2) is 0 Å². The Balaban J connectivity index is 1.43. The van der Waals surface area contributed by atoms with Crippen molar-refractivity contribution >= 4 is 5.91 Å². The zero-order chi connectivity index (χ0) is 17.9. The monoisotopic (exact) mass is 356 g/mol. The number of hydrogen-bond donors (Lipinski definition) is 1. The molecule has 3 aliphatic rings. The summed E-state index contributed by atoms with van der Waals surface area (Å²) in [6, 6.07) is 9.93. The van der Waals surface area contributed by atoms with Crippen LogP contribution in [-0.2, 0) is 0 Å². The van der Waals surface area contributed by atoms with E-state index in [1.807, 2.05) is 24.3 Å². The first-order valence-corrected chi connectivity index (χ1v) is 10.5. The van der Waals surface area contributed by atoms with E-state index in [2.05, 4.69) is 10.2 Å². The summed E-state index contributed by atoms with van der Waals surface area (Å²) in [5, 5.41) is 3.32. The lowest BCUT2D eigenvalue weighted by Gasteiger charge is -2.53. The Labute approximate surface area is 157 Å². The maximum absolute atomic E-state index is 12.8. The van der Waals surface area contributed by atoms with Crippen LogP contribution in [0.3, 0.4) is 0 Å². The van der Waals surface area contributed by atoms with Crippen LogP contribution in [0.1, 0.15) is 74.6 Å². The molecule has 3 fully saturated rings. The fourth-order valence-electron chi connectivity index (χ4n) is 5.61. The van der Waals surface area contributed by atoms with Crippen molar-refractivity contribution in [3.8, 4) is 5.75 Å². The zero-order valence-electron chi connectivity index (χ0n) is 16.0. The SMILES string of the molecule is COc1ccccc1C(=O)NC1C[C@H]2CCC[C@H](C1)N2C1CCCCC1. The lowest BCUT2D eigenvalue weighted by Crippen LogP contribution is -2.60. The second-order valence-corrected chi connectivity index (χ2v) is 8.32. The Morgan fingerprint density at radius 2 is 1.62 bits per heavy atom. The van der Waals surface area contributed by atoms with Gasteiger partial charge in [0.1, 0.15) is 5.75 Å². The summed E-state index contributed by atoms with van der Waals surface area (Å²) in [5.41, 5.74) is 0.648. The van der Waals surface area contributed by atoms with E-state index >= 15 is 0 Å². The van der Waals surface area contributed by atoms with E-state index in [0.717, 1.165) is 18.9 Å². The molecule has 2 heterocycles. The molecular weight excluding hydrogens is 324 g/mol. The maximum atomic E-state index is 12.8. The number of fused-ring (bicyclic) bond motifs is 2. The number of piperidine rings is 2. The van der Waals surface area contributed by atoms with Gasteiger partial charge in [0.2, 0.25) is 0 Å².